The van der Waals surface area contributed by atoms with Crippen LogP contribution < -0.4 is 4.90 Å². The Balaban J connectivity index is 2.17. The first-order valence-corrected chi connectivity index (χ1v) is 6.65. The van der Waals surface area contributed by atoms with Crippen molar-refractivity contribution in [1.29, 1.82) is 0 Å². The number of halogens is 1. The van der Waals surface area contributed by atoms with E-state index in [9.17, 15) is 0 Å². The third kappa shape index (κ3) is 2.06. The van der Waals surface area contributed by atoms with Crippen molar-refractivity contribution in [2.24, 2.45) is 0 Å². The van der Waals surface area contributed by atoms with Crippen LogP contribution in [0.3, 0.4) is 0 Å². The Morgan fingerprint density at radius 3 is 3.14 bits per heavy atom. The first-order valence-electron chi connectivity index (χ1n) is 4.70. The highest BCUT2D eigenvalue weighted by atomic mass is 79.9. The Bertz CT molecular complexity index is 313. The van der Waals surface area contributed by atoms with Gasteiger partial charge in [-0.25, -0.2) is 4.98 Å². The second-order valence-electron chi connectivity index (χ2n) is 3.44. The molecular formula is C10H13BrN2S. The lowest BCUT2D eigenvalue weighted by Crippen LogP contribution is -2.32. The predicted octanol–water partition coefficient (Wildman–Crippen LogP) is 2.79. The molecule has 1 aliphatic heterocycles. The normalized spacial score (nSPS) is 21.1. The molecule has 2 nitrogen and oxygen atoms in total. The molecule has 0 N–H and O–H groups in total. The van der Waals surface area contributed by atoms with Crippen molar-refractivity contribution in [3.63, 3.8) is 0 Å². The number of hydrogen-bond donors (Lipinski definition) is 0. The zero-order chi connectivity index (χ0) is 9.97. The quantitative estimate of drug-likeness (QED) is 0.824. The lowest BCUT2D eigenvalue weighted by Gasteiger charge is -2.25. The number of hydrogen-bond acceptors (Lipinski definition) is 3. The maximum atomic E-state index is 4.39. The van der Waals surface area contributed by atoms with E-state index in [1.807, 2.05) is 30.1 Å². The summed E-state index contributed by atoms with van der Waals surface area (Å²) < 4.78 is 1.08. The lowest BCUT2D eigenvalue weighted by molar-refractivity contribution is 0.690. The van der Waals surface area contributed by atoms with E-state index in [1.54, 1.807) is 0 Å². The van der Waals surface area contributed by atoms with E-state index in [2.05, 4.69) is 32.9 Å². The third-order valence-corrected chi connectivity index (χ3v) is 4.29. The fourth-order valence-electron chi connectivity index (χ4n) is 1.64. The number of aromatic nitrogens is 1. The van der Waals surface area contributed by atoms with Gasteiger partial charge >= 0.3 is 0 Å². The Labute approximate surface area is 97.2 Å². The van der Waals surface area contributed by atoms with Crippen LogP contribution in [0.5, 0.6) is 0 Å². The number of anilines is 1. The van der Waals surface area contributed by atoms with Gasteiger partial charge in [-0.15, -0.1) is 0 Å². The van der Waals surface area contributed by atoms with Gasteiger partial charge in [0.05, 0.1) is 4.47 Å². The summed E-state index contributed by atoms with van der Waals surface area (Å²) in [5, 5.41) is 0. The van der Waals surface area contributed by atoms with Gasteiger partial charge in [0, 0.05) is 25.0 Å². The summed E-state index contributed by atoms with van der Waals surface area (Å²) >= 11 is 5.56. The standard InChI is InChI=1S/C10H13BrN2S/c1-13(8-4-6-14-7-8)10-9(11)3-2-5-12-10/h2-3,5,8H,4,6-7H2,1H3. The summed E-state index contributed by atoms with van der Waals surface area (Å²) in [4.78, 5) is 6.67. The molecule has 0 spiro atoms. The van der Waals surface area contributed by atoms with Gasteiger partial charge in [0.15, 0.2) is 0 Å². The molecule has 0 aromatic carbocycles. The van der Waals surface area contributed by atoms with Crippen LogP contribution in [0.4, 0.5) is 5.82 Å². The van der Waals surface area contributed by atoms with Crippen LogP contribution in [0.25, 0.3) is 0 Å². The Morgan fingerprint density at radius 2 is 2.50 bits per heavy atom. The molecular weight excluding hydrogens is 260 g/mol. The minimum Gasteiger partial charge on any atom is -0.355 e. The molecule has 1 aliphatic rings. The van der Waals surface area contributed by atoms with Crippen molar-refractivity contribution in [1.82, 2.24) is 4.98 Å². The smallest absolute Gasteiger partial charge is 0.142 e. The van der Waals surface area contributed by atoms with Gasteiger partial charge in [0.2, 0.25) is 0 Å². The first kappa shape index (κ1) is 10.3. The molecule has 1 atom stereocenters. The average Bonchev–Trinajstić information content (AvgIpc) is 2.70. The largest absolute Gasteiger partial charge is 0.355 e. The van der Waals surface area contributed by atoms with Crippen molar-refractivity contribution < 1.29 is 0 Å². The first-order chi connectivity index (χ1) is 6.79. The lowest BCUT2D eigenvalue weighted by atomic mass is 10.2. The van der Waals surface area contributed by atoms with Gasteiger partial charge in [-0.1, -0.05) is 0 Å². The summed E-state index contributed by atoms with van der Waals surface area (Å²) in [5.41, 5.74) is 0. The van der Waals surface area contributed by atoms with E-state index >= 15 is 0 Å². The molecule has 0 saturated carbocycles. The zero-order valence-corrected chi connectivity index (χ0v) is 10.5. The van der Waals surface area contributed by atoms with E-state index in [0.29, 0.717) is 6.04 Å². The van der Waals surface area contributed by atoms with E-state index in [-0.39, 0.29) is 0 Å². The van der Waals surface area contributed by atoms with Crippen LogP contribution in [0, 0.1) is 0 Å². The summed E-state index contributed by atoms with van der Waals surface area (Å²) in [7, 11) is 2.13. The van der Waals surface area contributed by atoms with Gasteiger partial charge in [0.25, 0.3) is 0 Å². The number of pyridine rings is 1. The van der Waals surface area contributed by atoms with Crippen LogP contribution in [0.1, 0.15) is 6.42 Å². The summed E-state index contributed by atoms with van der Waals surface area (Å²) in [5.74, 6) is 3.55. The number of thioether (sulfide) groups is 1. The molecule has 1 aromatic rings. The molecule has 1 unspecified atom stereocenters. The second-order valence-corrected chi connectivity index (χ2v) is 5.44. The topological polar surface area (TPSA) is 16.1 Å². The van der Waals surface area contributed by atoms with Gasteiger partial charge in [-0.3, -0.25) is 0 Å². The van der Waals surface area contributed by atoms with E-state index in [1.165, 1.54) is 17.9 Å². The minimum absolute atomic E-state index is 0.645. The number of rotatable bonds is 2. The summed E-state index contributed by atoms with van der Waals surface area (Å²) in [6.45, 7) is 0. The fourth-order valence-corrected chi connectivity index (χ4v) is 3.44. The highest BCUT2D eigenvalue weighted by molar-refractivity contribution is 9.10. The molecule has 0 aliphatic carbocycles. The second kappa shape index (κ2) is 4.53. The monoisotopic (exact) mass is 272 g/mol. The third-order valence-electron chi connectivity index (χ3n) is 2.53. The highest BCUT2D eigenvalue weighted by Gasteiger charge is 2.21. The maximum absolute atomic E-state index is 4.39. The van der Waals surface area contributed by atoms with Crippen LogP contribution >= 0.6 is 27.7 Å². The van der Waals surface area contributed by atoms with E-state index in [0.717, 1.165) is 10.3 Å². The van der Waals surface area contributed by atoms with Crippen LogP contribution in [0.15, 0.2) is 22.8 Å². The molecule has 2 rings (SSSR count). The number of nitrogens with zero attached hydrogens (tertiary/aromatic N) is 2. The van der Waals surface area contributed by atoms with Crippen LogP contribution in [-0.4, -0.2) is 29.6 Å². The van der Waals surface area contributed by atoms with Crippen molar-refractivity contribution in [3.8, 4) is 0 Å². The van der Waals surface area contributed by atoms with Crippen molar-refractivity contribution >= 4 is 33.5 Å². The summed E-state index contributed by atoms with van der Waals surface area (Å²) in [6.07, 6.45) is 3.11. The fraction of sp³-hybridized carbons (Fsp3) is 0.500. The van der Waals surface area contributed by atoms with Crippen LogP contribution in [-0.2, 0) is 0 Å². The van der Waals surface area contributed by atoms with E-state index in [4.69, 9.17) is 0 Å². The summed E-state index contributed by atoms with van der Waals surface area (Å²) in [6, 6.07) is 4.64. The molecule has 0 bridgehead atoms. The molecule has 1 saturated heterocycles. The molecule has 0 amide bonds. The molecule has 14 heavy (non-hydrogen) atoms. The van der Waals surface area contributed by atoms with Gasteiger partial charge in [-0.2, -0.15) is 11.8 Å². The van der Waals surface area contributed by atoms with Crippen molar-refractivity contribution in [2.45, 2.75) is 12.5 Å². The van der Waals surface area contributed by atoms with Crippen LogP contribution in [0.2, 0.25) is 0 Å². The highest BCUT2D eigenvalue weighted by Crippen LogP contribution is 2.28. The predicted molar refractivity (Wildman–Crippen MR) is 66.1 cm³/mol. The van der Waals surface area contributed by atoms with E-state index < -0.39 is 0 Å². The maximum Gasteiger partial charge on any atom is 0.142 e. The van der Waals surface area contributed by atoms with Crippen molar-refractivity contribution in [3.05, 3.63) is 22.8 Å². The Kier molecular flexibility index (Phi) is 3.34. The van der Waals surface area contributed by atoms with Gasteiger partial charge in [0.1, 0.15) is 5.82 Å². The minimum atomic E-state index is 0.645. The van der Waals surface area contributed by atoms with Crippen molar-refractivity contribution in [2.75, 3.05) is 23.5 Å². The molecule has 76 valence electrons. The molecule has 2 heterocycles. The molecule has 1 fully saturated rings. The Morgan fingerprint density at radius 1 is 1.64 bits per heavy atom. The molecule has 0 radical (unpaired) electrons. The molecule has 1 aromatic heterocycles. The average molecular weight is 273 g/mol. The molecule has 4 heteroatoms. The zero-order valence-electron chi connectivity index (χ0n) is 8.11. The van der Waals surface area contributed by atoms with Gasteiger partial charge < -0.3 is 4.90 Å². The SMILES string of the molecule is CN(c1ncccc1Br)C1CCSC1. The Hall–Kier alpha value is -0.220. The van der Waals surface area contributed by atoms with Gasteiger partial charge in [-0.05, 0) is 40.2 Å².